The predicted molar refractivity (Wildman–Crippen MR) is 181 cm³/mol. The second-order valence-electron chi connectivity index (χ2n) is 13.3. The van der Waals surface area contributed by atoms with Crippen molar-refractivity contribution in [3.63, 3.8) is 0 Å². The number of rotatable bonds is 14. The summed E-state index contributed by atoms with van der Waals surface area (Å²) in [4.78, 5) is 22.2. The van der Waals surface area contributed by atoms with Crippen molar-refractivity contribution in [1.82, 2.24) is 19.5 Å². The Balaban J connectivity index is 1.54. The van der Waals surface area contributed by atoms with E-state index in [9.17, 15) is 18.3 Å². The molecule has 2 aromatic carbocycles. The minimum atomic E-state index is -3.99. The first-order chi connectivity index (χ1) is 21.2. The fourth-order valence-corrected chi connectivity index (χ4v) is 8.10. The molecule has 0 aliphatic carbocycles. The Kier molecular flexibility index (Phi) is 11.9. The molecule has 1 saturated heterocycles. The third-order valence-electron chi connectivity index (χ3n) is 7.69. The number of aromatic nitrogens is 1. The number of carbonyl (C=O) groups is 1. The molecule has 0 bridgehead atoms. The van der Waals surface area contributed by atoms with E-state index < -0.39 is 33.9 Å². The molecule has 1 aliphatic rings. The molecule has 45 heavy (non-hydrogen) atoms. The fraction of sp³-hybridized carbons (Fsp3) is 0.576. The summed E-state index contributed by atoms with van der Waals surface area (Å²) in [6.07, 6.45) is 0.936. The average Bonchev–Trinajstić information content (AvgIpc) is 3.64. The highest BCUT2D eigenvalue weighted by Crippen LogP contribution is 2.31. The lowest BCUT2D eigenvalue weighted by atomic mass is 10.0. The van der Waals surface area contributed by atoms with Crippen LogP contribution in [0.2, 0.25) is 0 Å². The maximum atomic E-state index is 14.1. The van der Waals surface area contributed by atoms with Gasteiger partial charge in [0.2, 0.25) is 10.0 Å². The zero-order chi connectivity index (χ0) is 32.8. The number of alkyl carbamates (subject to hydrolysis) is 1. The predicted octanol–water partition coefficient (Wildman–Crippen LogP) is 4.97. The Morgan fingerprint density at radius 3 is 2.44 bits per heavy atom. The molecule has 12 heteroatoms. The molecule has 0 spiro atoms. The number of nitrogens with one attached hydrogen (secondary N) is 1. The van der Waals surface area contributed by atoms with E-state index in [2.05, 4.69) is 15.1 Å². The Morgan fingerprint density at radius 2 is 1.80 bits per heavy atom. The molecule has 1 amide bonds. The number of aliphatic hydroxyl groups excluding tert-OH is 1. The third kappa shape index (κ3) is 10.1. The van der Waals surface area contributed by atoms with Gasteiger partial charge in [0.25, 0.3) is 0 Å². The van der Waals surface area contributed by atoms with Gasteiger partial charge in [-0.25, -0.2) is 18.2 Å². The molecule has 248 valence electrons. The maximum Gasteiger partial charge on any atom is 0.407 e. The normalized spacial score (nSPS) is 15.9. The highest BCUT2D eigenvalue weighted by Gasteiger charge is 2.32. The summed E-state index contributed by atoms with van der Waals surface area (Å²) in [5, 5.41) is 15.1. The van der Waals surface area contributed by atoms with Crippen LogP contribution in [0.15, 0.2) is 53.4 Å². The molecular formula is C33H49N5O5S2. The first kappa shape index (κ1) is 35.1. The van der Waals surface area contributed by atoms with Gasteiger partial charge in [0.15, 0.2) is 5.13 Å². The van der Waals surface area contributed by atoms with Crippen molar-refractivity contribution < 1.29 is 23.1 Å². The third-order valence-corrected chi connectivity index (χ3v) is 10.6. The Morgan fingerprint density at radius 1 is 1.11 bits per heavy atom. The first-order valence-electron chi connectivity index (χ1n) is 15.8. The molecule has 1 aliphatic heterocycles. The van der Waals surface area contributed by atoms with Crippen molar-refractivity contribution in [2.45, 2.75) is 76.5 Å². The Labute approximate surface area is 272 Å². The van der Waals surface area contributed by atoms with Crippen LogP contribution in [0.3, 0.4) is 0 Å². The highest BCUT2D eigenvalue weighted by molar-refractivity contribution is 7.89. The van der Waals surface area contributed by atoms with Crippen molar-refractivity contribution in [3.05, 3.63) is 54.1 Å². The van der Waals surface area contributed by atoms with Gasteiger partial charge in [0.05, 0.1) is 27.3 Å². The van der Waals surface area contributed by atoms with Crippen molar-refractivity contribution >= 4 is 42.8 Å². The van der Waals surface area contributed by atoms with Gasteiger partial charge in [0, 0.05) is 33.2 Å². The second kappa shape index (κ2) is 15.2. The summed E-state index contributed by atoms with van der Waals surface area (Å²) in [6, 6.07) is 13.7. The average molecular weight is 660 g/mol. The largest absolute Gasteiger partial charge is 0.444 e. The van der Waals surface area contributed by atoms with Crippen LogP contribution >= 0.6 is 11.3 Å². The number of carbonyl (C=O) groups excluding carboxylic acids is 1. The number of thiazole rings is 1. The number of hydrogen-bond acceptors (Lipinski definition) is 9. The first-order valence-corrected chi connectivity index (χ1v) is 18.0. The molecule has 0 saturated carbocycles. The number of fused-ring (bicyclic) bond motifs is 1. The number of likely N-dealkylation sites (N-methyl/N-ethyl adjacent to an activating group) is 1. The number of nitrogens with zero attached hydrogens (tertiary/aromatic N) is 4. The van der Waals surface area contributed by atoms with Gasteiger partial charge in [-0.05, 0) is 82.8 Å². The van der Waals surface area contributed by atoms with Crippen LogP contribution in [0.25, 0.3) is 10.2 Å². The number of aliphatic hydroxyl groups is 1. The summed E-state index contributed by atoms with van der Waals surface area (Å²) < 4.78 is 35.8. The van der Waals surface area contributed by atoms with E-state index in [0.717, 1.165) is 47.1 Å². The molecule has 2 N–H and O–H groups in total. The lowest BCUT2D eigenvalue weighted by Crippen LogP contribution is -2.51. The van der Waals surface area contributed by atoms with Gasteiger partial charge in [0.1, 0.15) is 5.60 Å². The molecule has 2 atom stereocenters. The van der Waals surface area contributed by atoms with Crippen molar-refractivity contribution in [2.24, 2.45) is 5.92 Å². The molecule has 1 aromatic heterocycles. The van der Waals surface area contributed by atoms with Gasteiger partial charge >= 0.3 is 6.09 Å². The quantitative estimate of drug-likeness (QED) is 0.249. The Hall–Kier alpha value is -2.77. The van der Waals surface area contributed by atoms with E-state index in [-0.39, 0.29) is 23.9 Å². The zero-order valence-corrected chi connectivity index (χ0v) is 29.0. The SMILES string of the molecule is CC(C)CN(C[C@@H](O)[C@H](Cc1ccccc1)NC(=O)OC(C)(C)C)S(=O)(=O)c1ccc2nc(N(C)CCN3CCCC3)sc2c1. The number of ether oxygens (including phenoxy) is 1. The zero-order valence-electron chi connectivity index (χ0n) is 27.4. The van der Waals surface area contributed by atoms with E-state index in [1.54, 1.807) is 39.0 Å². The summed E-state index contributed by atoms with van der Waals surface area (Å²) in [6.45, 7) is 13.3. The topological polar surface area (TPSA) is 115 Å². The van der Waals surface area contributed by atoms with Crippen LogP contribution in [-0.4, -0.2) is 97.9 Å². The van der Waals surface area contributed by atoms with Gasteiger partial charge in [-0.15, -0.1) is 0 Å². The number of likely N-dealkylation sites (tertiary alicyclic amines) is 1. The number of sulfonamides is 1. The van der Waals surface area contributed by atoms with Crippen molar-refractivity contribution in [1.29, 1.82) is 0 Å². The molecule has 0 unspecified atom stereocenters. The lowest BCUT2D eigenvalue weighted by Gasteiger charge is -2.31. The van der Waals surface area contributed by atoms with Gasteiger partial charge < -0.3 is 25.0 Å². The van der Waals surface area contributed by atoms with Crippen LogP contribution in [0.4, 0.5) is 9.93 Å². The number of benzene rings is 2. The van der Waals surface area contributed by atoms with Crippen LogP contribution in [0.1, 0.15) is 53.0 Å². The van der Waals surface area contributed by atoms with Gasteiger partial charge in [-0.1, -0.05) is 55.5 Å². The van der Waals surface area contributed by atoms with Crippen LogP contribution < -0.4 is 10.2 Å². The van der Waals surface area contributed by atoms with Gasteiger partial charge in [-0.2, -0.15) is 4.31 Å². The molecule has 10 nitrogen and oxygen atoms in total. The second-order valence-corrected chi connectivity index (χ2v) is 16.3. The molecule has 0 radical (unpaired) electrons. The molecule has 4 rings (SSSR count). The van der Waals surface area contributed by atoms with E-state index in [1.165, 1.54) is 28.5 Å². The number of hydrogen-bond donors (Lipinski definition) is 2. The van der Waals surface area contributed by atoms with Crippen molar-refractivity contribution in [3.8, 4) is 0 Å². The van der Waals surface area contributed by atoms with Crippen LogP contribution in [0, 0.1) is 5.92 Å². The maximum absolute atomic E-state index is 14.1. The monoisotopic (exact) mass is 659 g/mol. The van der Waals surface area contributed by atoms with E-state index in [4.69, 9.17) is 9.72 Å². The summed E-state index contributed by atoms with van der Waals surface area (Å²) in [7, 11) is -1.97. The van der Waals surface area contributed by atoms with Gasteiger partial charge in [-0.3, -0.25) is 0 Å². The number of amides is 1. The Bertz CT molecular complexity index is 1500. The summed E-state index contributed by atoms with van der Waals surface area (Å²) in [5.41, 5.74) is 0.923. The van der Waals surface area contributed by atoms with Crippen molar-refractivity contribution in [2.75, 3.05) is 51.2 Å². The molecule has 1 fully saturated rings. The molecule has 3 aromatic rings. The number of anilines is 1. The van der Waals surface area contributed by atoms with E-state index in [1.807, 2.05) is 51.2 Å². The van der Waals surface area contributed by atoms with E-state index >= 15 is 0 Å². The summed E-state index contributed by atoms with van der Waals surface area (Å²) >= 11 is 1.48. The summed E-state index contributed by atoms with van der Waals surface area (Å²) in [5.74, 6) is 0.00126. The standard InChI is InChI=1S/C33H49N5O5S2/c1-24(2)22-38(23-29(39)28(20-25-12-8-7-9-13-25)35-32(40)43-33(3,4)5)45(41,42)26-14-15-27-30(21-26)44-31(34-27)36(6)18-19-37-16-10-11-17-37/h7-9,12-15,21,24,28-29,39H,10-11,16-20,22-23H2,1-6H3,(H,35,40)/t28-,29+/m0/s1. The van der Waals surface area contributed by atoms with Crippen LogP contribution in [-0.2, 0) is 21.2 Å². The molecular weight excluding hydrogens is 611 g/mol. The minimum absolute atomic E-state index is 0.00126. The lowest BCUT2D eigenvalue weighted by molar-refractivity contribution is 0.0400. The smallest absolute Gasteiger partial charge is 0.407 e. The minimum Gasteiger partial charge on any atom is -0.444 e. The van der Waals surface area contributed by atoms with E-state index in [0.29, 0.717) is 6.42 Å². The van der Waals surface area contributed by atoms with Crippen LogP contribution in [0.5, 0.6) is 0 Å². The molecule has 2 heterocycles. The fourth-order valence-electron chi connectivity index (χ4n) is 5.38. The highest BCUT2D eigenvalue weighted by atomic mass is 32.2.